The van der Waals surface area contributed by atoms with Crippen molar-refractivity contribution in [2.45, 2.75) is 13.0 Å². The lowest BCUT2D eigenvalue weighted by atomic mass is 10.1. The van der Waals surface area contributed by atoms with Gasteiger partial charge in [0.25, 0.3) is 0 Å². The molecule has 0 unspecified atom stereocenters. The average Bonchev–Trinajstić information content (AvgIpc) is 2.59. The van der Waals surface area contributed by atoms with Gasteiger partial charge in [-0.2, -0.15) is 0 Å². The molecule has 1 aliphatic heterocycles. The number of fused-ring (bicyclic) bond motifs is 3. The Bertz CT molecular complexity index is 491. The summed E-state index contributed by atoms with van der Waals surface area (Å²) >= 11 is 6.13. The molecule has 0 spiro atoms. The summed E-state index contributed by atoms with van der Waals surface area (Å²) in [5, 5.41) is 5.46. The third-order valence-electron chi connectivity index (χ3n) is 2.83. The van der Waals surface area contributed by atoms with Crippen molar-refractivity contribution in [1.82, 2.24) is 10.3 Å². The first kappa shape index (κ1) is 10.8. The number of hydrogen-bond donors (Lipinski definition) is 2. The van der Waals surface area contributed by atoms with E-state index in [-0.39, 0.29) is 12.4 Å². The van der Waals surface area contributed by atoms with E-state index in [4.69, 9.17) is 11.6 Å². The lowest BCUT2D eigenvalue weighted by Gasteiger charge is -2.12. The second kappa shape index (κ2) is 4.05. The van der Waals surface area contributed by atoms with Crippen LogP contribution in [0.3, 0.4) is 0 Å². The fourth-order valence-corrected chi connectivity index (χ4v) is 2.36. The van der Waals surface area contributed by atoms with Crippen LogP contribution in [0.1, 0.15) is 11.3 Å². The zero-order chi connectivity index (χ0) is 9.54. The standard InChI is InChI=1S/C11H11ClN2.ClH/c12-9-3-1-2-7-8-6-13-5-4-10(8)14-11(7)9;/h1-3,13-14H,4-6H2;1H/p-1. The molecule has 0 bridgehead atoms. The molecular formula is C11H11Cl2N2-. The molecule has 0 amide bonds. The molecule has 4 heteroatoms. The zero-order valence-electron chi connectivity index (χ0n) is 8.11. The summed E-state index contributed by atoms with van der Waals surface area (Å²) in [6.45, 7) is 2.01. The Labute approximate surface area is 99.4 Å². The van der Waals surface area contributed by atoms with Gasteiger partial charge >= 0.3 is 0 Å². The lowest BCUT2D eigenvalue weighted by Crippen LogP contribution is -3.00. The highest BCUT2D eigenvalue weighted by atomic mass is 35.5. The van der Waals surface area contributed by atoms with Crippen LogP contribution in [0.2, 0.25) is 5.02 Å². The van der Waals surface area contributed by atoms with Crippen LogP contribution in [0, 0.1) is 0 Å². The zero-order valence-corrected chi connectivity index (χ0v) is 9.62. The van der Waals surface area contributed by atoms with Crippen LogP contribution in [-0.2, 0) is 13.0 Å². The first-order chi connectivity index (χ1) is 6.86. The number of aromatic nitrogens is 1. The summed E-state index contributed by atoms with van der Waals surface area (Å²) in [7, 11) is 0. The van der Waals surface area contributed by atoms with Gasteiger partial charge in [0.05, 0.1) is 10.5 Å². The Hall–Kier alpha value is -0.700. The Morgan fingerprint density at radius 1 is 1.27 bits per heavy atom. The van der Waals surface area contributed by atoms with E-state index < -0.39 is 0 Å². The fourth-order valence-electron chi connectivity index (χ4n) is 2.13. The van der Waals surface area contributed by atoms with E-state index in [1.165, 1.54) is 16.6 Å². The van der Waals surface area contributed by atoms with Crippen molar-refractivity contribution >= 4 is 22.5 Å². The molecule has 2 aromatic rings. The van der Waals surface area contributed by atoms with Gasteiger partial charge in [-0.25, -0.2) is 0 Å². The summed E-state index contributed by atoms with van der Waals surface area (Å²) in [6.07, 6.45) is 1.07. The fraction of sp³-hybridized carbons (Fsp3) is 0.273. The van der Waals surface area contributed by atoms with Crippen molar-refractivity contribution in [1.29, 1.82) is 0 Å². The largest absolute Gasteiger partial charge is 1.00 e. The minimum Gasteiger partial charge on any atom is -1.00 e. The van der Waals surface area contributed by atoms with E-state index in [1.807, 2.05) is 12.1 Å². The van der Waals surface area contributed by atoms with Crippen LogP contribution in [0.5, 0.6) is 0 Å². The monoisotopic (exact) mass is 241 g/mol. The summed E-state index contributed by atoms with van der Waals surface area (Å²) in [4.78, 5) is 3.41. The Balaban J connectivity index is 0.000000853. The highest BCUT2D eigenvalue weighted by Crippen LogP contribution is 2.29. The van der Waals surface area contributed by atoms with Gasteiger partial charge in [0.15, 0.2) is 0 Å². The predicted molar refractivity (Wildman–Crippen MR) is 58.7 cm³/mol. The molecule has 3 rings (SSSR count). The molecule has 0 saturated heterocycles. The Morgan fingerprint density at radius 3 is 3.00 bits per heavy atom. The number of para-hydroxylation sites is 1. The number of nitrogens with one attached hydrogen (secondary N) is 2. The number of hydrogen-bond acceptors (Lipinski definition) is 1. The van der Waals surface area contributed by atoms with Gasteiger partial charge in [-0.05, 0) is 11.6 Å². The average molecular weight is 242 g/mol. The minimum atomic E-state index is 0. The topological polar surface area (TPSA) is 27.8 Å². The van der Waals surface area contributed by atoms with Crippen molar-refractivity contribution in [3.8, 4) is 0 Å². The molecular weight excluding hydrogens is 231 g/mol. The summed E-state index contributed by atoms with van der Waals surface area (Å²) in [5.41, 5.74) is 3.81. The molecule has 2 heterocycles. The van der Waals surface area contributed by atoms with Crippen LogP contribution >= 0.6 is 11.6 Å². The molecule has 2 N–H and O–H groups in total. The first-order valence-electron chi connectivity index (χ1n) is 4.85. The van der Waals surface area contributed by atoms with Crippen LogP contribution in [0.4, 0.5) is 0 Å². The second-order valence-corrected chi connectivity index (χ2v) is 4.08. The highest BCUT2D eigenvalue weighted by molar-refractivity contribution is 6.35. The van der Waals surface area contributed by atoms with E-state index in [9.17, 15) is 0 Å². The molecule has 80 valence electrons. The summed E-state index contributed by atoms with van der Waals surface area (Å²) in [5.74, 6) is 0. The number of aromatic amines is 1. The van der Waals surface area contributed by atoms with Crippen LogP contribution in [0.25, 0.3) is 10.9 Å². The minimum absolute atomic E-state index is 0. The molecule has 0 aliphatic carbocycles. The van der Waals surface area contributed by atoms with Crippen LogP contribution < -0.4 is 17.7 Å². The van der Waals surface area contributed by atoms with Crippen LogP contribution in [-0.4, -0.2) is 11.5 Å². The number of benzene rings is 1. The van der Waals surface area contributed by atoms with Gasteiger partial charge < -0.3 is 22.7 Å². The predicted octanol–water partition coefficient (Wildman–Crippen LogP) is -0.529. The van der Waals surface area contributed by atoms with Crippen LogP contribution in [0.15, 0.2) is 18.2 Å². The molecule has 2 nitrogen and oxygen atoms in total. The SMILES string of the molecule is Clc1cccc2c3c([nH]c12)CCNC3.[Cl-]. The molecule has 15 heavy (non-hydrogen) atoms. The Kier molecular flexibility index (Phi) is 2.91. The van der Waals surface area contributed by atoms with E-state index in [1.54, 1.807) is 0 Å². The van der Waals surface area contributed by atoms with Crippen molar-refractivity contribution in [3.05, 3.63) is 34.5 Å². The van der Waals surface area contributed by atoms with Gasteiger partial charge in [-0.1, -0.05) is 23.7 Å². The first-order valence-corrected chi connectivity index (χ1v) is 5.23. The second-order valence-electron chi connectivity index (χ2n) is 3.67. The molecule has 0 radical (unpaired) electrons. The van der Waals surface area contributed by atoms with E-state index in [2.05, 4.69) is 16.4 Å². The molecule has 1 aromatic carbocycles. The van der Waals surface area contributed by atoms with E-state index in [0.29, 0.717) is 0 Å². The van der Waals surface area contributed by atoms with Gasteiger partial charge in [0.2, 0.25) is 0 Å². The maximum atomic E-state index is 6.13. The van der Waals surface area contributed by atoms with Gasteiger partial charge in [0, 0.05) is 30.6 Å². The van der Waals surface area contributed by atoms with Gasteiger partial charge in [-0.15, -0.1) is 0 Å². The van der Waals surface area contributed by atoms with Gasteiger partial charge in [-0.3, -0.25) is 0 Å². The summed E-state index contributed by atoms with van der Waals surface area (Å²) in [6, 6.07) is 6.07. The highest BCUT2D eigenvalue weighted by Gasteiger charge is 2.15. The van der Waals surface area contributed by atoms with Crippen molar-refractivity contribution in [2.24, 2.45) is 0 Å². The third-order valence-corrected chi connectivity index (χ3v) is 3.15. The quantitative estimate of drug-likeness (QED) is 0.638. The van der Waals surface area contributed by atoms with E-state index in [0.717, 1.165) is 30.0 Å². The Morgan fingerprint density at radius 2 is 2.13 bits per heavy atom. The number of halogens is 2. The third kappa shape index (κ3) is 1.63. The number of H-pyrrole nitrogens is 1. The van der Waals surface area contributed by atoms with Crippen molar-refractivity contribution < 1.29 is 12.4 Å². The molecule has 0 fully saturated rings. The molecule has 1 aromatic heterocycles. The molecule has 0 saturated carbocycles. The normalized spacial score (nSPS) is 14.7. The summed E-state index contributed by atoms with van der Waals surface area (Å²) < 4.78 is 0. The van der Waals surface area contributed by atoms with Crippen molar-refractivity contribution in [3.63, 3.8) is 0 Å². The lowest BCUT2D eigenvalue weighted by molar-refractivity contribution is -0.00000277. The van der Waals surface area contributed by atoms with Gasteiger partial charge in [0.1, 0.15) is 0 Å². The molecule has 1 aliphatic rings. The molecule has 0 atom stereocenters. The maximum absolute atomic E-state index is 6.13. The van der Waals surface area contributed by atoms with E-state index >= 15 is 0 Å². The maximum Gasteiger partial charge on any atom is 0.0648 e. The smallest absolute Gasteiger partial charge is 0.0648 e. The number of rotatable bonds is 0. The van der Waals surface area contributed by atoms with Crippen molar-refractivity contribution in [2.75, 3.05) is 6.54 Å².